The zero-order valence-electron chi connectivity index (χ0n) is 8.19. The lowest BCUT2D eigenvalue weighted by Gasteiger charge is -2.02. The minimum absolute atomic E-state index is 0.573. The molecular formula is C13H11ClS. The molecule has 0 aliphatic heterocycles. The Hall–Kier alpha value is -0.920. The van der Waals surface area contributed by atoms with Crippen LogP contribution in [0.4, 0.5) is 0 Å². The van der Waals surface area contributed by atoms with Crippen molar-refractivity contribution in [2.75, 3.05) is 0 Å². The third-order valence-electron chi connectivity index (χ3n) is 2.03. The molecule has 0 radical (unpaired) electrons. The third kappa shape index (κ3) is 3.01. The van der Waals surface area contributed by atoms with Crippen LogP contribution in [0.15, 0.2) is 64.4 Å². The number of rotatable bonds is 3. The molecule has 0 saturated carbocycles. The van der Waals surface area contributed by atoms with Crippen molar-refractivity contribution in [3.05, 3.63) is 60.2 Å². The van der Waals surface area contributed by atoms with Crippen LogP contribution in [0.5, 0.6) is 0 Å². The van der Waals surface area contributed by atoms with Crippen molar-refractivity contribution in [1.82, 2.24) is 0 Å². The van der Waals surface area contributed by atoms with E-state index in [1.165, 1.54) is 9.79 Å². The van der Waals surface area contributed by atoms with Gasteiger partial charge in [-0.05, 0) is 29.8 Å². The monoisotopic (exact) mass is 234 g/mol. The van der Waals surface area contributed by atoms with Crippen LogP contribution >= 0.6 is 23.4 Å². The lowest BCUT2D eigenvalue weighted by atomic mass is 10.2. The van der Waals surface area contributed by atoms with Crippen LogP contribution in [0.3, 0.4) is 0 Å². The first kappa shape index (κ1) is 10.6. The van der Waals surface area contributed by atoms with Crippen LogP contribution in [-0.2, 0) is 5.88 Å². The molecule has 2 aromatic carbocycles. The highest BCUT2D eigenvalue weighted by Gasteiger charge is 1.97. The molecule has 0 bridgehead atoms. The van der Waals surface area contributed by atoms with Crippen LogP contribution in [0.1, 0.15) is 5.56 Å². The number of hydrogen-bond acceptors (Lipinski definition) is 1. The molecule has 76 valence electrons. The SMILES string of the molecule is ClCc1cccc(Sc2ccccc2)c1. The van der Waals surface area contributed by atoms with E-state index in [-0.39, 0.29) is 0 Å². The molecule has 0 atom stereocenters. The molecule has 0 aliphatic carbocycles. The van der Waals surface area contributed by atoms with Gasteiger partial charge in [0.05, 0.1) is 0 Å². The van der Waals surface area contributed by atoms with Gasteiger partial charge in [0.2, 0.25) is 0 Å². The van der Waals surface area contributed by atoms with Gasteiger partial charge in [-0.3, -0.25) is 0 Å². The molecule has 0 aromatic heterocycles. The second kappa shape index (κ2) is 5.24. The topological polar surface area (TPSA) is 0 Å². The maximum absolute atomic E-state index is 5.79. The minimum atomic E-state index is 0.573. The van der Waals surface area contributed by atoms with Gasteiger partial charge >= 0.3 is 0 Å². The van der Waals surface area contributed by atoms with E-state index >= 15 is 0 Å². The van der Waals surface area contributed by atoms with E-state index in [0.717, 1.165) is 5.56 Å². The zero-order chi connectivity index (χ0) is 10.5. The van der Waals surface area contributed by atoms with Crippen LogP contribution in [-0.4, -0.2) is 0 Å². The lowest BCUT2D eigenvalue weighted by Crippen LogP contribution is -1.78. The average Bonchev–Trinajstić information content (AvgIpc) is 2.31. The summed E-state index contributed by atoms with van der Waals surface area (Å²) >= 11 is 7.55. The van der Waals surface area contributed by atoms with Crippen molar-refractivity contribution in [3.63, 3.8) is 0 Å². The summed E-state index contributed by atoms with van der Waals surface area (Å²) in [6.07, 6.45) is 0. The molecule has 0 N–H and O–H groups in total. The van der Waals surface area contributed by atoms with E-state index in [1.807, 2.05) is 30.3 Å². The highest BCUT2D eigenvalue weighted by atomic mass is 35.5. The first-order chi connectivity index (χ1) is 7.38. The lowest BCUT2D eigenvalue weighted by molar-refractivity contribution is 1.31. The number of alkyl halides is 1. The quantitative estimate of drug-likeness (QED) is 0.701. The van der Waals surface area contributed by atoms with Gasteiger partial charge < -0.3 is 0 Å². The zero-order valence-corrected chi connectivity index (χ0v) is 9.76. The van der Waals surface area contributed by atoms with Crippen molar-refractivity contribution in [2.24, 2.45) is 0 Å². The van der Waals surface area contributed by atoms with Gasteiger partial charge in [-0.1, -0.05) is 42.1 Å². The van der Waals surface area contributed by atoms with Gasteiger partial charge in [-0.2, -0.15) is 0 Å². The van der Waals surface area contributed by atoms with E-state index in [4.69, 9.17) is 11.6 Å². The molecular weight excluding hydrogens is 224 g/mol. The summed E-state index contributed by atoms with van der Waals surface area (Å²) in [5.41, 5.74) is 1.16. The third-order valence-corrected chi connectivity index (χ3v) is 3.34. The normalized spacial score (nSPS) is 10.2. The number of benzene rings is 2. The van der Waals surface area contributed by atoms with E-state index in [2.05, 4.69) is 24.3 Å². The fourth-order valence-electron chi connectivity index (χ4n) is 1.32. The highest BCUT2D eigenvalue weighted by molar-refractivity contribution is 7.99. The van der Waals surface area contributed by atoms with Crippen molar-refractivity contribution in [1.29, 1.82) is 0 Å². The first-order valence-corrected chi connectivity index (χ1v) is 6.11. The number of halogens is 1. The second-order valence-electron chi connectivity index (χ2n) is 3.20. The summed E-state index contributed by atoms with van der Waals surface area (Å²) in [5.74, 6) is 0.573. The molecule has 0 heterocycles. The molecule has 0 nitrogen and oxygen atoms in total. The molecule has 2 aromatic rings. The molecule has 2 rings (SSSR count). The van der Waals surface area contributed by atoms with E-state index < -0.39 is 0 Å². The molecule has 0 aliphatic rings. The van der Waals surface area contributed by atoms with Crippen LogP contribution in [0.2, 0.25) is 0 Å². The largest absolute Gasteiger partial charge is 0.122 e. The van der Waals surface area contributed by atoms with E-state index in [1.54, 1.807) is 11.8 Å². The van der Waals surface area contributed by atoms with Crippen molar-refractivity contribution in [2.45, 2.75) is 15.7 Å². The Kier molecular flexibility index (Phi) is 3.70. The summed E-state index contributed by atoms with van der Waals surface area (Å²) in [4.78, 5) is 2.49. The second-order valence-corrected chi connectivity index (χ2v) is 4.61. The fraction of sp³-hybridized carbons (Fsp3) is 0.0769. The van der Waals surface area contributed by atoms with Crippen molar-refractivity contribution >= 4 is 23.4 Å². The fourth-order valence-corrected chi connectivity index (χ4v) is 2.41. The Morgan fingerprint density at radius 3 is 2.33 bits per heavy atom. The Balaban J connectivity index is 2.17. The Labute approximate surface area is 99.3 Å². The summed E-state index contributed by atoms with van der Waals surface area (Å²) in [5, 5.41) is 0. The van der Waals surface area contributed by atoms with E-state index in [9.17, 15) is 0 Å². The standard InChI is InChI=1S/C13H11ClS/c14-10-11-5-4-8-13(9-11)15-12-6-2-1-3-7-12/h1-9H,10H2. The van der Waals surface area contributed by atoms with Crippen LogP contribution in [0.25, 0.3) is 0 Å². The van der Waals surface area contributed by atoms with Gasteiger partial charge in [0.1, 0.15) is 0 Å². The average molecular weight is 235 g/mol. The summed E-state index contributed by atoms with van der Waals surface area (Å²) in [6.45, 7) is 0. The smallest absolute Gasteiger partial charge is 0.0474 e. The van der Waals surface area contributed by atoms with Gasteiger partial charge in [-0.25, -0.2) is 0 Å². The van der Waals surface area contributed by atoms with Crippen molar-refractivity contribution in [3.8, 4) is 0 Å². The van der Waals surface area contributed by atoms with Gasteiger partial charge in [0.15, 0.2) is 0 Å². The van der Waals surface area contributed by atoms with Crippen molar-refractivity contribution < 1.29 is 0 Å². The molecule has 0 unspecified atom stereocenters. The molecule has 0 amide bonds. The Morgan fingerprint density at radius 2 is 1.60 bits per heavy atom. The molecule has 0 fully saturated rings. The maximum Gasteiger partial charge on any atom is 0.0474 e. The van der Waals surface area contributed by atoms with Gasteiger partial charge in [-0.15, -0.1) is 11.6 Å². The summed E-state index contributed by atoms with van der Waals surface area (Å²) in [6, 6.07) is 18.7. The molecule has 0 spiro atoms. The minimum Gasteiger partial charge on any atom is -0.122 e. The highest BCUT2D eigenvalue weighted by Crippen LogP contribution is 2.27. The first-order valence-electron chi connectivity index (χ1n) is 4.76. The van der Waals surface area contributed by atoms with Crippen LogP contribution in [0, 0.1) is 0 Å². The Morgan fingerprint density at radius 1 is 0.867 bits per heavy atom. The predicted octanol–water partition coefficient (Wildman–Crippen LogP) is 4.58. The number of hydrogen-bond donors (Lipinski definition) is 0. The summed E-state index contributed by atoms with van der Waals surface area (Å²) < 4.78 is 0. The molecule has 15 heavy (non-hydrogen) atoms. The predicted molar refractivity (Wildman–Crippen MR) is 66.6 cm³/mol. The van der Waals surface area contributed by atoms with Crippen LogP contribution < -0.4 is 0 Å². The maximum atomic E-state index is 5.79. The summed E-state index contributed by atoms with van der Waals surface area (Å²) in [7, 11) is 0. The Bertz CT molecular complexity index is 426. The van der Waals surface area contributed by atoms with E-state index in [0.29, 0.717) is 5.88 Å². The van der Waals surface area contributed by atoms with Gasteiger partial charge in [0, 0.05) is 15.7 Å². The van der Waals surface area contributed by atoms with Gasteiger partial charge in [0.25, 0.3) is 0 Å². The molecule has 2 heteroatoms. The molecule has 0 saturated heterocycles.